The van der Waals surface area contributed by atoms with Gasteiger partial charge >= 0.3 is 12.0 Å². The lowest BCUT2D eigenvalue weighted by atomic mass is 10.1. The van der Waals surface area contributed by atoms with Gasteiger partial charge in [0.05, 0.1) is 17.3 Å². The molecule has 2 amide bonds. The standard InChI is InChI=1S/C30H34Cl2N2O5/c1-2-38-28(29(35)36)20-23-11-14-25(15-12-23)39-19-18-34(17-7-6-10-22-8-4-3-5-9-22)30(37)33-27-16-13-24(31)21-26(27)32/h3-5,8-9,11-16,21,28H,2,6-7,10,17-20H2,1H3,(H,33,37)(H,35,36). The first-order valence-corrected chi connectivity index (χ1v) is 13.7. The molecule has 0 fully saturated rings. The van der Waals surface area contributed by atoms with Crippen molar-refractivity contribution in [3.05, 3.63) is 94.0 Å². The minimum absolute atomic E-state index is 0.270. The average Bonchev–Trinajstić information content (AvgIpc) is 2.92. The molecule has 0 aliphatic carbocycles. The third kappa shape index (κ3) is 10.4. The molecule has 0 spiro atoms. The molecule has 3 aromatic rings. The summed E-state index contributed by atoms with van der Waals surface area (Å²) in [6.45, 7) is 3.31. The highest BCUT2D eigenvalue weighted by Crippen LogP contribution is 2.25. The zero-order chi connectivity index (χ0) is 28.0. The molecule has 0 aliphatic heterocycles. The van der Waals surface area contributed by atoms with E-state index in [1.54, 1.807) is 42.2 Å². The number of ether oxygens (including phenoxy) is 2. The Labute approximate surface area is 239 Å². The molecule has 0 saturated heterocycles. The number of hydrogen-bond donors (Lipinski definition) is 2. The highest BCUT2D eigenvalue weighted by molar-refractivity contribution is 6.36. The van der Waals surface area contributed by atoms with E-state index in [4.69, 9.17) is 32.7 Å². The molecule has 0 heterocycles. The molecule has 39 heavy (non-hydrogen) atoms. The largest absolute Gasteiger partial charge is 0.492 e. The van der Waals surface area contributed by atoms with E-state index in [1.165, 1.54) is 5.56 Å². The van der Waals surface area contributed by atoms with Crippen LogP contribution in [0.3, 0.4) is 0 Å². The van der Waals surface area contributed by atoms with Gasteiger partial charge in [-0.3, -0.25) is 0 Å². The van der Waals surface area contributed by atoms with Crippen molar-refractivity contribution in [3.63, 3.8) is 0 Å². The minimum atomic E-state index is -0.987. The summed E-state index contributed by atoms with van der Waals surface area (Å²) in [7, 11) is 0. The van der Waals surface area contributed by atoms with Crippen LogP contribution in [0.2, 0.25) is 10.0 Å². The fraction of sp³-hybridized carbons (Fsp3) is 0.333. The summed E-state index contributed by atoms with van der Waals surface area (Å²) in [5.74, 6) is -0.355. The highest BCUT2D eigenvalue weighted by atomic mass is 35.5. The lowest BCUT2D eigenvalue weighted by molar-refractivity contribution is -0.149. The number of anilines is 1. The number of hydrogen-bond acceptors (Lipinski definition) is 4. The van der Waals surface area contributed by atoms with Gasteiger partial charge in [0.1, 0.15) is 12.4 Å². The third-order valence-electron chi connectivity index (χ3n) is 6.06. The molecule has 3 aromatic carbocycles. The van der Waals surface area contributed by atoms with E-state index in [0.717, 1.165) is 24.8 Å². The molecular weight excluding hydrogens is 539 g/mol. The van der Waals surface area contributed by atoms with Crippen LogP contribution in [-0.4, -0.2) is 54.4 Å². The van der Waals surface area contributed by atoms with Crippen molar-refractivity contribution in [2.75, 3.05) is 31.6 Å². The van der Waals surface area contributed by atoms with Crippen LogP contribution in [-0.2, 0) is 22.4 Å². The number of rotatable bonds is 15. The maximum absolute atomic E-state index is 13.1. The molecule has 9 heteroatoms. The van der Waals surface area contributed by atoms with Crippen LogP contribution >= 0.6 is 23.2 Å². The van der Waals surface area contributed by atoms with E-state index in [-0.39, 0.29) is 19.1 Å². The van der Waals surface area contributed by atoms with Gasteiger partial charge in [-0.1, -0.05) is 65.7 Å². The van der Waals surface area contributed by atoms with Gasteiger partial charge in [0, 0.05) is 24.6 Å². The Bertz CT molecular complexity index is 1190. The Morgan fingerprint density at radius 1 is 0.949 bits per heavy atom. The predicted octanol–water partition coefficient (Wildman–Crippen LogP) is 6.96. The quantitative estimate of drug-likeness (QED) is 0.192. The number of nitrogens with one attached hydrogen (secondary N) is 1. The number of carbonyl (C=O) groups is 2. The van der Waals surface area contributed by atoms with Gasteiger partial charge < -0.3 is 24.8 Å². The fourth-order valence-corrected chi connectivity index (χ4v) is 4.46. The van der Waals surface area contributed by atoms with Crippen LogP contribution in [0.25, 0.3) is 0 Å². The third-order valence-corrected chi connectivity index (χ3v) is 6.61. The zero-order valence-electron chi connectivity index (χ0n) is 21.9. The average molecular weight is 574 g/mol. The van der Waals surface area contributed by atoms with Crippen LogP contribution < -0.4 is 10.1 Å². The molecule has 0 radical (unpaired) electrons. The molecule has 3 rings (SSSR count). The van der Waals surface area contributed by atoms with E-state index >= 15 is 0 Å². The number of urea groups is 1. The lowest BCUT2D eigenvalue weighted by Gasteiger charge is -2.24. The van der Waals surface area contributed by atoms with Crippen molar-refractivity contribution >= 4 is 40.9 Å². The molecule has 208 valence electrons. The first kappa shape index (κ1) is 30.3. The van der Waals surface area contributed by atoms with Gasteiger partial charge in [-0.15, -0.1) is 0 Å². The van der Waals surface area contributed by atoms with Crippen LogP contribution in [0, 0.1) is 0 Å². The number of amides is 2. The van der Waals surface area contributed by atoms with Gasteiger partial charge in [-0.25, -0.2) is 9.59 Å². The summed E-state index contributed by atoms with van der Waals surface area (Å²) in [6, 6.07) is 22.1. The van der Waals surface area contributed by atoms with Crippen molar-refractivity contribution < 1.29 is 24.2 Å². The minimum Gasteiger partial charge on any atom is -0.492 e. The number of halogens is 2. The van der Waals surface area contributed by atoms with E-state index in [1.807, 2.05) is 30.3 Å². The second-order valence-corrected chi connectivity index (χ2v) is 9.81. The summed E-state index contributed by atoms with van der Waals surface area (Å²) in [5.41, 5.74) is 2.59. The molecule has 0 saturated carbocycles. The molecule has 7 nitrogen and oxygen atoms in total. The molecule has 0 bridgehead atoms. The van der Waals surface area contributed by atoms with Crippen molar-refractivity contribution in [2.24, 2.45) is 0 Å². The normalized spacial score (nSPS) is 11.6. The lowest BCUT2D eigenvalue weighted by Crippen LogP contribution is -2.38. The Hall–Kier alpha value is -3.26. The van der Waals surface area contributed by atoms with E-state index in [2.05, 4.69) is 17.4 Å². The molecule has 1 atom stereocenters. The molecule has 2 N–H and O–H groups in total. The molecule has 0 aromatic heterocycles. The Balaban J connectivity index is 1.56. The number of carbonyl (C=O) groups excluding carboxylic acids is 1. The summed E-state index contributed by atoms with van der Waals surface area (Å²) in [4.78, 5) is 26.2. The van der Waals surface area contributed by atoms with Crippen molar-refractivity contribution in [2.45, 2.75) is 38.7 Å². The van der Waals surface area contributed by atoms with Crippen molar-refractivity contribution in [3.8, 4) is 5.75 Å². The molecule has 0 aliphatic rings. The number of benzene rings is 3. The van der Waals surface area contributed by atoms with Gasteiger partial charge in [-0.2, -0.15) is 0 Å². The van der Waals surface area contributed by atoms with Gasteiger partial charge in [-0.05, 0) is 67.6 Å². The van der Waals surface area contributed by atoms with E-state index < -0.39 is 12.1 Å². The second kappa shape index (κ2) is 16.0. The Morgan fingerprint density at radius 2 is 1.69 bits per heavy atom. The second-order valence-electron chi connectivity index (χ2n) is 8.96. The number of aliphatic carboxylic acids is 1. The number of aryl methyl sites for hydroxylation is 1. The van der Waals surface area contributed by atoms with E-state index in [0.29, 0.717) is 41.2 Å². The molecule has 1 unspecified atom stereocenters. The van der Waals surface area contributed by atoms with E-state index in [9.17, 15) is 14.7 Å². The Morgan fingerprint density at radius 3 is 2.36 bits per heavy atom. The predicted molar refractivity (Wildman–Crippen MR) is 155 cm³/mol. The fourth-order valence-electron chi connectivity index (χ4n) is 4.00. The van der Waals surface area contributed by atoms with Gasteiger partial charge in [0.25, 0.3) is 0 Å². The maximum Gasteiger partial charge on any atom is 0.333 e. The van der Waals surface area contributed by atoms with Gasteiger partial charge in [0.15, 0.2) is 6.10 Å². The maximum atomic E-state index is 13.1. The summed E-state index contributed by atoms with van der Waals surface area (Å²) < 4.78 is 11.2. The summed E-state index contributed by atoms with van der Waals surface area (Å²) >= 11 is 12.2. The van der Waals surface area contributed by atoms with Crippen LogP contribution in [0.4, 0.5) is 10.5 Å². The SMILES string of the molecule is CCOC(Cc1ccc(OCCN(CCCCc2ccccc2)C(=O)Nc2ccc(Cl)cc2Cl)cc1)C(=O)O. The van der Waals surface area contributed by atoms with Crippen LogP contribution in [0.1, 0.15) is 30.9 Å². The van der Waals surface area contributed by atoms with Crippen molar-refractivity contribution in [1.82, 2.24) is 4.90 Å². The number of carboxylic acids is 1. The monoisotopic (exact) mass is 572 g/mol. The Kier molecular flexibility index (Phi) is 12.4. The number of carboxylic acid groups (broad SMARTS) is 1. The van der Waals surface area contributed by atoms with Crippen molar-refractivity contribution in [1.29, 1.82) is 0 Å². The highest BCUT2D eigenvalue weighted by Gasteiger charge is 2.18. The number of unbranched alkanes of at least 4 members (excludes halogenated alkanes) is 1. The van der Waals surface area contributed by atoms with Crippen LogP contribution in [0.5, 0.6) is 5.75 Å². The molecular formula is C30H34Cl2N2O5. The smallest absolute Gasteiger partial charge is 0.333 e. The van der Waals surface area contributed by atoms with Gasteiger partial charge in [0.2, 0.25) is 0 Å². The van der Waals surface area contributed by atoms with Crippen LogP contribution in [0.15, 0.2) is 72.8 Å². The zero-order valence-corrected chi connectivity index (χ0v) is 23.5. The first-order valence-electron chi connectivity index (χ1n) is 13.0. The first-order chi connectivity index (χ1) is 18.9. The summed E-state index contributed by atoms with van der Waals surface area (Å²) in [5, 5.41) is 13.0. The topological polar surface area (TPSA) is 88.1 Å². The number of nitrogens with zero attached hydrogens (tertiary/aromatic N) is 1. The summed E-state index contributed by atoms with van der Waals surface area (Å²) in [6.07, 6.45) is 2.10.